The van der Waals surface area contributed by atoms with Crippen molar-refractivity contribution in [2.75, 3.05) is 14.2 Å². The molecule has 1 atom stereocenters. The predicted molar refractivity (Wildman–Crippen MR) is 97.4 cm³/mol. The topological polar surface area (TPSA) is 99.1 Å². The van der Waals surface area contributed by atoms with Crippen LogP contribution in [0, 0.1) is 0 Å². The minimum absolute atomic E-state index is 0.0510. The van der Waals surface area contributed by atoms with Gasteiger partial charge in [0, 0.05) is 17.0 Å². The number of carbonyl (C=O) groups is 3. The van der Waals surface area contributed by atoms with Gasteiger partial charge in [-0.15, -0.1) is 0 Å². The molecule has 1 aromatic rings. The number of hydrogen-bond acceptors (Lipinski definition) is 6. The second kappa shape index (κ2) is 9.96. The van der Waals surface area contributed by atoms with Gasteiger partial charge in [-0.25, -0.2) is 4.79 Å². The number of carboxylic acid groups (broad SMARTS) is 1. The monoisotopic (exact) mass is 428 g/mol. The van der Waals surface area contributed by atoms with Crippen LogP contribution in [0.1, 0.15) is 37.7 Å². The van der Waals surface area contributed by atoms with Crippen molar-refractivity contribution in [3.8, 4) is 11.5 Å². The molecule has 0 bridgehead atoms. The van der Waals surface area contributed by atoms with E-state index in [0.717, 1.165) is 6.92 Å². The van der Waals surface area contributed by atoms with E-state index < -0.39 is 23.8 Å². The fourth-order valence-corrected chi connectivity index (χ4v) is 2.98. The van der Waals surface area contributed by atoms with Crippen LogP contribution in [-0.4, -0.2) is 37.2 Å². The molecule has 0 radical (unpaired) electrons. The number of hydrogen-bond donors (Lipinski definition) is 1. The van der Waals surface area contributed by atoms with Gasteiger partial charge < -0.3 is 19.3 Å². The summed E-state index contributed by atoms with van der Waals surface area (Å²) in [6, 6.07) is 3.28. The molecular formula is C18H21BrO7. The minimum atomic E-state index is -1.08. The van der Waals surface area contributed by atoms with Gasteiger partial charge in [-0.1, -0.05) is 22.5 Å². The summed E-state index contributed by atoms with van der Waals surface area (Å²) < 4.78 is 15.8. The van der Waals surface area contributed by atoms with Crippen LogP contribution in [0.4, 0.5) is 0 Å². The molecule has 1 rings (SSSR count). The first-order valence-electron chi connectivity index (χ1n) is 7.76. The fourth-order valence-electron chi connectivity index (χ4n) is 2.38. The lowest BCUT2D eigenvalue weighted by atomic mass is 9.92. The van der Waals surface area contributed by atoms with Gasteiger partial charge in [-0.3, -0.25) is 9.59 Å². The molecule has 0 aliphatic carbocycles. The third-order valence-electron chi connectivity index (χ3n) is 3.68. The van der Waals surface area contributed by atoms with Gasteiger partial charge in [0.25, 0.3) is 0 Å². The second-order valence-electron chi connectivity index (χ2n) is 5.49. The van der Waals surface area contributed by atoms with E-state index in [9.17, 15) is 14.4 Å². The van der Waals surface area contributed by atoms with Gasteiger partial charge in [0.2, 0.25) is 0 Å². The number of rotatable bonds is 9. The smallest absolute Gasteiger partial charge is 0.330 e. The zero-order chi connectivity index (χ0) is 19.9. The molecule has 0 fully saturated rings. The molecule has 0 aliphatic rings. The minimum Gasteiger partial charge on any atom is -0.493 e. The van der Waals surface area contributed by atoms with Gasteiger partial charge in [0.1, 0.15) is 0 Å². The standard InChI is InChI=1S/C18H21BrO7/c1-10(17(21)22)6-5-7-12(18(23)26-11(2)20)13-8-15(24-3)16(25-4)9-14(13)19/h8-9,12H,1,5-7H2,2-4H3,(H,21,22). The number of benzene rings is 1. The Morgan fingerprint density at radius 1 is 1.19 bits per heavy atom. The van der Waals surface area contributed by atoms with E-state index >= 15 is 0 Å². The van der Waals surface area contributed by atoms with Crippen molar-refractivity contribution in [3.05, 3.63) is 34.3 Å². The molecular weight excluding hydrogens is 408 g/mol. The Morgan fingerprint density at radius 2 is 1.77 bits per heavy atom. The Labute approximate surface area is 160 Å². The highest BCUT2D eigenvalue weighted by atomic mass is 79.9. The highest BCUT2D eigenvalue weighted by molar-refractivity contribution is 9.10. The molecule has 0 saturated heterocycles. The van der Waals surface area contributed by atoms with E-state index in [0.29, 0.717) is 28.0 Å². The molecule has 0 heterocycles. The van der Waals surface area contributed by atoms with Crippen molar-refractivity contribution < 1.29 is 33.7 Å². The highest BCUT2D eigenvalue weighted by Gasteiger charge is 2.27. The van der Waals surface area contributed by atoms with Crippen molar-refractivity contribution >= 4 is 33.8 Å². The molecule has 142 valence electrons. The third-order valence-corrected chi connectivity index (χ3v) is 4.37. The fraction of sp³-hybridized carbons (Fsp3) is 0.389. The average Bonchev–Trinajstić information content (AvgIpc) is 2.57. The summed E-state index contributed by atoms with van der Waals surface area (Å²) in [5.74, 6) is -2.41. The van der Waals surface area contributed by atoms with E-state index in [1.165, 1.54) is 14.2 Å². The maximum Gasteiger partial charge on any atom is 0.330 e. The third kappa shape index (κ3) is 5.87. The number of esters is 2. The summed E-state index contributed by atoms with van der Waals surface area (Å²) in [6.07, 6.45) is 0.861. The molecule has 0 aliphatic heterocycles. The van der Waals surface area contributed by atoms with Gasteiger partial charge in [-0.2, -0.15) is 0 Å². The second-order valence-corrected chi connectivity index (χ2v) is 6.35. The first-order valence-corrected chi connectivity index (χ1v) is 8.55. The quantitative estimate of drug-likeness (QED) is 0.365. The first-order chi connectivity index (χ1) is 12.2. The number of ether oxygens (including phenoxy) is 3. The lowest BCUT2D eigenvalue weighted by molar-refractivity contribution is -0.159. The first kappa shape index (κ1) is 21.7. The maximum atomic E-state index is 12.4. The Hall–Kier alpha value is -2.35. The van der Waals surface area contributed by atoms with Crippen LogP contribution in [0.3, 0.4) is 0 Å². The molecule has 1 aromatic carbocycles. The maximum absolute atomic E-state index is 12.4. The SMILES string of the molecule is C=C(CCCC(C(=O)OC(C)=O)c1cc(OC)c(OC)cc1Br)C(=O)O. The number of halogens is 1. The molecule has 0 spiro atoms. The van der Waals surface area contributed by atoms with E-state index in [1.54, 1.807) is 12.1 Å². The summed E-state index contributed by atoms with van der Waals surface area (Å²) in [5.41, 5.74) is 0.602. The summed E-state index contributed by atoms with van der Waals surface area (Å²) in [5, 5.41) is 8.89. The van der Waals surface area contributed by atoms with Crippen LogP contribution in [0.2, 0.25) is 0 Å². The van der Waals surface area contributed by atoms with Crippen LogP contribution >= 0.6 is 15.9 Å². The van der Waals surface area contributed by atoms with E-state index in [4.69, 9.17) is 19.3 Å². The van der Waals surface area contributed by atoms with Crippen molar-refractivity contribution in [2.45, 2.75) is 32.1 Å². The Bertz CT molecular complexity index is 712. The Balaban J connectivity index is 3.15. The molecule has 8 heteroatoms. The number of aliphatic carboxylic acids is 1. The van der Waals surface area contributed by atoms with Crippen LogP contribution < -0.4 is 9.47 Å². The van der Waals surface area contributed by atoms with Crippen molar-refractivity contribution in [3.63, 3.8) is 0 Å². The summed E-state index contributed by atoms with van der Waals surface area (Å²) >= 11 is 3.39. The highest BCUT2D eigenvalue weighted by Crippen LogP contribution is 2.38. The predicted octanol–water partition coefficient (Wildman–Crippen LogP) is 3.45. The van der Waals surface area contributed by atoms with Crippen molar-refractivity contribution in [1.29, 1.82) is 0 Å². The molecule has 0 amide bonds. The summed E-state index contributed by atoms with van der Waals surface area (Å²) in [4.78, 5) is 34.4. The van der Waals surface area contributed by atoms with E-state index in [-0.39, 0.29) is 18.4 Å². The molecule has 7 nitrogen and oxygen atoms in total. The molecule has 1 unspecified atom stereocenters. The number of carbonyl (C=O) groups excluding carboxylic acids is 2. The molecule has 26 heavy (non-hydrogen) atoms. The van der Waals surface area contributed by atoms with Gasteiger partial charge in [0.05, 0.1) is 20.1 Å². The van der Waals surface area contributed by atoms with Crippen LogP contribution in [0.5, 0.6) is 11.5 Å². The van der Waals surface area contributed by atoms with Gasteiger partial charge >= 0.3 is 17.9 Å². The molecule has 0 saturated carbocycles. The zero-order valence-corrected chi connectivity index (χ0v) is 16.4. The normalized spacial score (nSPS) is 11.4. The number of methoxy groups -OCH3 is 2. The van der Waals surface area contributed by atoms with Gasteiger partial charge in [-0.05, 0) is 37.0 Å². The molecule has 1 N–H and O–H groups in total. The van der Waals surface area contributed by atoms with Crippen LogP contribution in [0.15, 0.2) is 28.8 Å². The zero-order valence-electron chi connectivity index (χ0n) is 14.8. The van der Waals surface area contributed by atoms with E-state index in [2.05, 4.69) is 22.5 Å². The van der Waals surface area contributed by atoms with E-state index in [1.807, 2.05) is 0 Å². The average molecular weight is 429 g/mol. The van der Waals surface area contributed by atoms with Crippen molar-refractivity contribution in [2.24, 2.45) is 0 Å². The Morgan fingerprint density at radius 3 is 2.27 bits per heavy atom. The summed E-state index contributed by atoms with van der Waals surface area (Å²) in [6.45, 7) is 4.61. The van der Waals surface area contributed by atoms with Crippen molar-refractivity contribution in [1.82, 2.24) is 0 Å². The largest absolute Gasteiger partial charge is 0.493 e. The van der Waals surface area contributed by atoms with Crippen LogP contribution in [0.25, 0.3) is 0 Å². The number of carboxylic acids is 1. The lowest BCUT2D eigenvalue weighted by Crippen LogP contribution is -2.19. The lowest BCUT2D eigenvalue weighted by Gasteiger charge is -2.19. The molecule has 0 aromatic heterocycles. The van der Waals surface area contributed by atoms with Crippen LogP contribution in [-0.2, 0) is 19.1 Å². The Kier molecular flexibility index (Phi) is 8.31. The van der Waals surface area contributed by atoms with Gasteiger partial charge in [0.15, 0.2) is 11.5 Å². The summed E-state index contributed by atoms with van der Waals surface area (Å²) in [7, 11) is 2.96.